The normalized spacial score (nSPS) is 16.0. The van der Waals surface area contributed by atoms with Crippen LogP contribution in [0, 0.1) is 5.92 Å². The Kier molecular flexibility index (Phi) is 4.50. The van der Waals surface area contributed by atoms with Crippen LogP contribution >= 0.6 is 0 Å². The summed E-state index contributed by atoms with van der Waals surface area (Å²) in [7, 11) is 1.66. The molecule has 0 amide bonds. The van der Waals surface area contributed by atoms with Gasteiger partial charge in [0, 0.05) is 12.0 Å². The van der Waals surface area contributed by atoms with Gasteiger partial charge in [0.25, 0.3) is 0 Å². The lowest BCUT2D eigenvalue weighted by Crippen LogP contribution is -2.27. The number of nitrogens with zero attached hydrogens (tertiary/aromatic N) is 2. The molecular weight excluding hydrogens is 266 g/mol. The molecule has 2 aromatic rings. The second-order valence-corrected chi connectivity index (χ2v) is 5.47. The molecule has 1 aromatic carbocycles. The lowest BCUT2D eigenvalue weighted by Gasteiger charge is -2.21. The molecule has 1 saturated heterocycles. The molecule has 0 bridgehead atoms. The van der Waals surface area contributed by atoms with Gasteiger partial charge in [-0.15, -0.1) is 0 Å². The van der Waals surface area contributed by atoms with Crippen LogP contribution in [-0.2, 0) is 6.42 Å². The SMILES string of the molecule is COc1ccc(-c2noc(CCC3CCNCC3)n2)cc1. The fourth-order valence-electron chi connectivity index (χ4n) is 2.71. The third-order valence-electron chi connectivity index (χ3n) is 4.04. The quantitative estimate of drug-likeness (QED) is 0.916. The molecular formula is C16H21N3O2. The zero-order valence-electron chi connectivity index (χ0n) is 12.3. The van der Waals surface area contributed by atoms with Crippen molar-refractivity contribution in [3.8, 4) is 17.1 Å². The highest BCUT2D eigenvalue weighted by molar-refractivity contribution is 5.55. The van der Waals surface area contributed by atoms with Gasteiger partial charge in [-0.05, 0) is 62.5 Å². The third-order valence-corrected chi connectivity index (χ3v) is 4.04. The Morgan fingerprint density at radius 2 is 2.00 bits per heavy atom. The number of nitrogens with one attached hydrogen (secondary N) is 1. The van der Waals surface area contributed by atoms with Crippen molar-refractivity contribution in [1.29, 1.82) is 0 Å². The Morgan fingerprint density at radius 1 is 1.24 bits per heavy atom. The van der Waals surface area contributed by atoms with Crippen molar-refractivity contribution < 1.29 is 9.26 Å². The largest absolute Gasteiger partial charge is 0.497 e. The van der Waals surface area contributed by atoms with Crippen LogP contribution in [-0.4, -0.2) is 30.3 Å². The van der Waals surface area contributed by atoms with Crippen LogP contribution in [0.25, 0.3) is 11.4 Å². The average Bonchev–Trinajstić information content (AvgIpc) is 3.03. The van der Waals surface area contributed by atoms with Crippen molar-refractivity contribution in [2.75, 3.05) is 20.2 Å². The summed E-state index contributed by atoms with van der Waals surface area (Å²) in [6, 6.07) is 7.70. The van der Waals surface area contributed by atoms with Gasteiger partial charge in [-0.3, -0.25) is 0 Å². The second kappa shape index (κ2) is 6.72. The molecule has 0 spiro atoms. The highest BCUT2D eigenvalue weighted by atomic mass is 16.5. The molecule has 1 aromatic heterocycles. The van der Waals surface area contributed by atoms with Crippen molar-refractivity contribution in [3.05, 3.63) is 30.2 Å². The summed E-state index contributed by atoms with van der Waals surface area (Å²) in [5.41, 5.74) is 0.952. The monoisotopic (exact) mass is 287 g/mol. The summed E-state index contributed by atoms with van der Waals surface area (Å²) in [4.78, 5) is 4.49. The van der Waals surface area contributed by atoms with Crippen molar-refractivity contribution in [2.45, 2.75) is 25.7 Å². The van der Waals surface area contributed by atoms with E-state index in [0.29, 0.717) is 5.82 Å². The topological polar surface area (TPSA) is 60.2 Å². The first kappa shape index (κ1) is 14.1. The van der Waals surface area contributed by atoms with Gasteiger partial charge in [0.2, 0.25) is 11.7 Å². The fourth-order valence-corrected chi connectivity index (χ4v) is 2.71. The van der Waals surface area contributed by atoms with E-state index in [9.17, 15) is 0 Å². The van der Waals surface area contributed by atoms with Gasteiger partial charge in [0.05, 0.1) is 7.11 Å². The number of rotatable bonds is 5. The van der Waals surface area contributed by atoms with Crippen LogP contribution in [0.1, 0.15) is 25.2 Å². The minimum absolute atomic E-state index is 0.651. The summed E-state index contributed by atoms with van der Waals surface area (Å²) in [5, 5.41) is 7.45. The van der Waals surface area contributed by atoms with E-state index in [2.05, 4.69) is 15.5 Å². The highest BCUT2D eigenvalue weighted by Gasteiger charge is 2.15. The summed E-state index contributed by atoms with van der Waals surface area (Å²) in [5.74, 6) is 2.99. The van der Waals surface area contributed by atoms with Gasteiger partial charge >= 0.3 is 0 Å². The lowest BCUT2D eigenvalue weighted by molar-refractivity contribution is 0.324. The van der Waals surface area contributed by atoms with Crippen LogP contribution in [0.5, 0.6) is 5.75 Å². The summed E-state index contributed by atoms with van der Waals surface area (Å²) in [6.07, 6.45) is 4.50. The molecule has 0 atom stereocenters. The first-order valence-electron chi connectivity index (χ1n) is 7.53. The number of hydrogen-bond donors (Lipinski definition) is 1. The first-order chi connectivity index (χ1) is 10.3. The standard InChI is InChI=1S/C16H21N3O2/c1-20-14-5-3-13(4-6-14)16-18-15(21-19-16)7-2-12-8-10-17-11-9-12/h3-6,12,17H,2,7-11H2,1H3. The van der Waals surface area contributed by atoms with Crippen LogP contribution in [0.2, 0.25) is 0 Å². The number of ether oxygens (including phenoxy) is 1. The van der Waals surface area contributed by atoms with Crippen LogP contribution in [0.3, 0.4) is 0 Å². The van der Waals surface area contributed by atoms with Crippen LogP contribution in [0.4, 0.5) is 0 Å². The zero-order chi connectivity index (χ0) is 14.5. The maximum atomic E-state index is 5.36. The molecule has 0 saturated carbocycles. The number of aryl methyl sites for hydroxylation is 1. The molecule has 2 heterocycles. The molecule has 1 aliphatic heterocycles. The number of hydrogen-bond acceptors (Lipinski definition) is 5. The molecule has 3 rings (SSSR count). The molecule has 1 aliphatic rings. The molecule has 1 N–H and O–H groups in total. The van der Waals surface area contributed by atoms with E-state index in [0.717, 1.165) is 49.1 Å². The Balaban J connectivity index is 1.59. The van der Waals surface area contributed by atoms with Crippen molar-refractivity contribution in [3.63, 3.8) is 0 Å². The van der Waals surface area contributed by atoms with E-state index in [-0.39, 0.29) is 0 Å². The van der Waals surface area contributed by atoms with Gasteiger partial charge in [0.15, 0.2) is 0 Å². The summed E-state index contributed by atoms with van der Waals surface area (Å²) in [6.45, 7) is 2.26. The van der Waals surface area contributed by atoms with Gasteiger partial charge in [0.1, 0.15) is 5.75 Å². The van der Waals surface area contributed by atoms with Crippen LogP contribution < -0.4 is 10.1 Å². The minimum atomic E-state index is 0.651. The maximum Gasteiger partial charge on any atom is 0.226 e. The summed E-state index contributed by atoms with van der Waals surface area (Å²) < 4.78 is 10.5. The Labute approximate surface area is 124 Å². The third kappa shape index (κ3) is 3.61. The molecule has 0 unspecified atom stereocenters. The van der Waals surface area contributed by atoms with Gasteiger partial charge in [-0.1, -0.05) is 5.16 Å². The molecule has 5 nitrogen and oxygen atoms in total. The Morgan fingerprint density at radius 3 is 2.71 bits per heavy atom. The van der Waals surface area contributed by atoms with Crippen LogP contribution in [0.15, 0.2) is 28.8 Å². The molecule has 0 radical (unpaired) electrons. The smallest absolute Gasteiger partial charge is 0.226 e. The predicted octanol–water partition coefficient (Wildman–Crippen LogP) is 2.68. The molecule has 0 aliphatic carbocycles. The number of methoxy groups -OCH3 is 1. The van der Waals surface area contributed by atoms with E-state index in [1.54, 1.807) is 7.11 Å². The lowest BCUT2D eigenvalue weighted by atomic mass is 9.93. The van der Waals surface area contributed by atoms with Gasteiger partial charge < -0.3 is 14.6 Å². The number of aromatic nitrogens is 2. The van der Waals surface area contributed by atoms with E-state index >= 15 is 0 Å². The fraction of sp³-hybridized carbons (Fsp3) is 0.500. The van der Waals surface area contributed by atoms with Gasteiger partial charge in [-0.2, -0.15) is 4.98 Å². The van der Waals surface area contributed by atoms with E-state index < -0.39 is 0 Å². The maximum absolute atomic E-state index is 5.36. The molecule has 5 heteroatoms. The van der Waals surface area contributed by atoms with Crippen molar-refractivity contribution >= 4 is 0 Å². The van der Waals surface area contributed by atoms with E-state index in [1.807, 2.05) is 24.3 Å². The average molecular weight is 287 g/mol. The second-order valence-electron chi connectivity index (χ2n) is 5.47. The minimum Gasteiger partial charge on any atom is -0.497 e. The van der Waals surface area contributed by atoms with Crippen molar-refractivity contribution in [2.24, 2.45) is 5.92 Å². The number of piperidine rings is 1. The van der Waals surface area contributed by atoms with E-state index in [4.69, 9.17) is 9.26 Å². The molecule has 21 heavy (non-hydrogen) atoms. The Bertz CT molecular complexity index is 559. The zero-order valence-corrected chi connectivity index (χ0v) is 12.3. The summed E-state index contributed by atoms with van der Waals surface area (Å²) >= 11 is 0. The van der Waals surface area contributed by atoms with Crippen molar-refractivity contribution in [1.82, 2.24) is 15.5 Å². The molecule has 112 valence electrons. The number of benzene rings is 1. The van der Waals surface area contributed by atoms with Gasteiger partial charge in [-0.25, -0.2) is 0 Å². The predicted molar refractivity (Wildman–Crippen MR) is 80.2 cm³/mol. The highest BCUT2D eigenvalue weighted by Crippen LogP contribution is 2.22. The Hall–Kier alpha value is -1.88. The van der Waals surface area contributed by atoms with E-state index in [1.165, 1.54) is 12.8 Å². The molecule has 1 fully saturated rings. The first-order valence-corrected chi connectivity index (χ1v) is 7.53.